The van der Waals surface area contributed by atoms with E-state index in [2.05, 4.69) is 5.32 Å². The molecular formula is C25H35N3O5S. The summed E-state index contributed by atoms with van der Waals surface area (Å²) in [5, 5.41) is 2.64. The topological polar surface area (TPSA) is 96.0 Å². The highest BCUT2D eigenvalue weighted by Crippen LogP contribution is 2.20. The Morgan fingerprint density at radius 2 is 1.68 bits per heavy atom. The first-order chi connectivity index (χ1) is 16.1. The van der Waals surface area contributed by atoms with E-state index in [1.165, 1.54) is 4.31 Å². The number of hydrogen-bond donors (Lipinski definition) is 1. The summed E-state index contributed by atoms with van der Waals surface area (Å²) in [5.41, 5.74) is 2.46. The van der Waals surface area contributed by atoms with Crippen molar-refractivity contribution in [2.24, 2.45) is 0 Å². The second-order valence-electron chi connectivity index (χ2n) is 8.18. The lowest BCUT2D eigenvalue weighted by atomic mass is 10.1. The summed E-state index contributed by atoms with van der Waals surface area (Å²) in [5.74, 6) is 0.266. The first kappa shape index (κ1) is 27.2. The van der Waals surface area contributed by atoms with Crippen LogP contribution in [0.15, 0.2) is 48.5 Å². The van der Waals surface area contributed by atoms with Gasteiger partial charge < -0.3 is 15.0 Å². The van der Waals surface area contributed by atoms with Gasteiger partial charge in [-0.3, -0.25) is 13.9 Å². The maximum absolute atomic E-state index is 13.3. The fourth-order valence-electron chi connectivity index (χ4n) is 3.73. The fourth-order valence-corrected chi connectivity index (χ4v) is 4.69. The van der Waals surface area contributed by atoms with Gasteiger partial charge in [0.15, 0.2) is 0 Å². The molecule has 186 valence electrons. The zero-order valence-corrected chi connectivity index (χ0v) is 21.4. The number of likely N-dealkylation sites (N-methyl/N-ethyl adjacent to an activating group) is 1. The Kier molecular flexibility index (Phi) is 9.92. The van der Waals surface area contributed by atoms with Crippen molar-refractivity contribution in [3.05, 3.63) is 59.7 Å². The SMILES string of the molecule is CC[C@H](C(=O)NC)N(Cc1ccc(OC)cc1)C(=O)CCCN(c1ccc(C)cc1)S(C)(=O)=O. The van der Waals surface area contributed by atoms with Crippen LogP contribution in [0.4, 0.5) is 5.69 Å². The Labute approximate surface area is 202 Å². The summed E-state index contributed by atoms with van der Waals surface area (Å²) in [6.07, 6.45) is 2.05. The number of sulfonamides is 1. The van der Waals surface area contributed by atoms with Crippen LogP contribution < -0.4 is 14.4 Å². The molecule has 0 aliphatic carbocycles. The third kappa shape index (κ3) is 7.48. The predicted octanol–water partition coefficient (Wildman–Crippen LogP) is 3.10. The van der Waals surface area contributed by atoms with E-state index in [1.807, 2.05) is 50.2 Å². The zero-order chi connectivity index (χ0) is 25.3. The Bertz CT molecular complexity index is 1050. The molecule has 0 aromatic heterocycles. The predicted molar refractivity (Wildman–Crippen MR) is 134 cm³/mol. The quantitative estimate of drug-likeness (QED) is 0.494. The molecule has 0 bridgehead atoms. The number of carbonyl (C=O) groups is 2. The van der Waals surface area contributed by atoms with E-state index in [1.54, 1.807) is 31.2 Å². The van der Waals surface area contributed by atoms with Crippen molar-refractivity contribution in [3.8, 4) is 5.75 Å². The van der Waals surface area contributed by atoms with Gasteiger partial charge in [0.05, 0.1) is 19.1 Å². The summed E-state index contributed by atoms with van der Waals surface area (Å²) >= 11 is 0. The van der Waals surface area contributed by atoms with E-state index < -0.39 is 16.1 Å². The van der Waals surface area contributed by atoms with E-state index in [9.17, 15) is 18.0 Å². The third-order valence-corrected chi connectivity index (χ3v) is 6.81. The van der Waals surface area contributed by atoms with Crippen molar-refractivity contribution in [1.82, 2.24) is 10.2 Å². The highest BCUT2D eigenvalue weighted by Gasteiger charge is 2.28. The highest BCUT2D eigenvalue weighted by atomic mass is 32.2. The van der Waals surface area contributed by atoms with Gasteiger partial charge in [-0.25, -0.2) is 8.42 Å². The van der Waals surface area contributed by atoms with Gasteiger partial charge in [0.1, 0.15) is 11.8 Å². The van der Waals surface area contributed by atoms with E-state index in [0.29, 0.717) is 24.3 Å². The van der Waals surface area contributed by atoms with Gasteiger partial charge >= 0.3 is 0 Å². The standard InChI is InChI=1S/C25H35N3O5S/c1-6-23(25(30)26-3)27(18-20-11-15-22(33-4)16-12-20)24(29)8-7-17-28(34(5,31)32)21-13-9-19(2)10-14-21/h9-16,23H,6-8,17-18H2,1-5H3,(H,26,30)/t23-/m1/s1. The second-order valence-corrected chi connectivity index (χ2v) is 10.1. The molecule has 0 aliphatic heterocycles. The maximum atomic E-state index is 13.3. The molecule has 1 N–H and O–H groups in total. The van der Waals surface area contributed by atoms with Crippen LogP contribution in [-0.4, -0.2) is 58.1 Å². The van der Waals surface area contributed by atoms with Crippen LogP contribution in [0.1, 0.15) is 37.3 Å². The molecule has 2 aromatic carbocycles. The second kappa shape index (κ2) is 12.4. The maximum Gasteiger partial charge on any atom is 0.242 e. The zero-order valence-electron chi connectivity index (χ0n) is 20.6. The van der Waals surface area contributed by atoms with Crippen molar-refractivity contribution in [2.45, 2.75) is 45.7 Å². The minimum Gasteiger partial charge on any atom is -0.497 e. The third-order valence-electron chi connectivity index (χ3n) is 5.62. The summed E-state index contributed by atoms with van der Waals surface area (Å²) in [6, 6.07) is 13.9. The number of ether oxygens (including phenoxy) is 1. The number of carbonyl (C=O) groups excluding carboxylic acids is 2. The Morgan fingerprint density at radius 1 is 1.06 bits per heavy atom. The van der Waals surface area contributed by atoms with Crippen molar-refractivity contribution < 1.29 is 22.7 Å². The smallest absolute Gasteiger partial charge is 0.242 e. The minimum atomic E-state index is -3.51. The molecule has 0 saturated heterocycles. The molecule has 2 aromatic rings. The van der Waals surface area contributed by atoms with Gasteiger partial charge in [-0.15, -0.1) is 0 Å². The first-order valence-electron chi connectivity index (χ1n) is 11.3. The number of hydrogen-bond acceptors (Lipinski definition) is 5. The van der Waals surface area contributed by atoms with E-state index >= 15 is 0 Å². The molecule has 0 heterocycles. The van der Waals surface area contributed by atoms with Crippen molar-refractivity contribution in [1.29, 1.82) is 0 Å². The molecule has 0 radical (unpaired) electrons. The highest BCUT2D eigenvalue weighted by molar-refractivity contribution is 7.92. The number of nitrogens with one attached hydrogen (secondary N) is 1. The van der Waals surface area contributed by atoms with Crippen molar-refractivity contribution >= 4 is 27.5 Å². The number of methoxy groups -OCH3 is 1. The molecule has 9 heteroatoms. The minimum absolute atomic E-state index is 0.113. The molecule has 34 heavy (non-hydrogen) atoms. The summed E-state index contributed by atoms with van der Waals surface area (Å²) in [7, 11) is -0.379. The van der Waals surface area contributed by atoms with Crippen LogP contribution in [0, 0.1) is 6.92 Å². The molecule has 0 aliphatic rings. The van der Waals surface area contributed by atoms with Crippen molar-refractivity contribution in [3.63, 3.8) is 0 Å². The van der Waals surface area contributed by atoms with E-state index in [0.717, 1.165) is 17.4 Å². The van der Waals surface area contributed by atoms with Crippen LogP contribution in [0.3, 0.4) is 0 Å². The van der Waals surface area contributed by atoms with Crippen LogP contribution in [-0.2, 0) is 26.2 Å². The normalized spacial score (nSPS) is 12.0. The Balaban J connectivity index is 2.17. The first-order valence-corrected chi connectivity index (χ1v) is 13.1. The van der Waals surface area contributed by atoms with E-state index in [4.69, 9.17) is 4.74 Å². The van der Waals surface area contributed by atoms with Crippen LogP contribution in [0.25, 0.3) is 0 Å². The fraction of sp³-hybridized carbons (Fsp3) is 0.440. The Morgan fingerprint density at radius 3 is 2.18 bits per heavy atom. The molecule has 0 spiro atoms. The Hall–Kier alpha value is -3.07. The molecular weight excluding hydrogens is 454 g/mol. The monoisotopic (exact) mass is 489 g/mol. The van der Waals surface area contributed by atoms with Gasteiger partial charge in [0.2, 0.25) is 21.8 Å². The lowest BCUT2D eigenvalue weighted by molar-refractivity contribution is -0.141. The van der Waals surface area contributed by atoms with Gasteiger partial charge in [-0.1, -0.05) is 36.8 Å². The van der Waals surface area contributed by atoms with Gasteiger partial charge in [0, 0.05) is 26.6 Å². The lowest BCUT2D eigenvalue weighted by Crippen LogP contribution is -2.48. The number of nitrogens with zero attached hydrogens (tertiary/aromatic N) is 2. The average Bonchev–Trinajstić information content (AvgIpc) is 2.81. The lowest BCUT2D eigenvalue weighted by Gasteiger charge is -2.31. The van der Waals surface area contributed by atoms with Crippen LogP contribution >= 0.6 is 0 Å². The molecule has 2 rings (SSSR count). The molecule has 0 saturated carbocycles. The van der Waals surface area contributed by atoms with Gasteiger partial charge in [0.25, 0.3) is 0 Å². The number of amides is 2. The largest absolute Gasteiger partial charge is 0.497 e. The molecule has 0 fully saturated rings. The van der Waals surface area contributed by atoms with Crippen LogP contribution in [0.5, 0.6) is 5.75 Å². The van der Waals surface area contributed by atoms with Crippen molar-refractivity contribution in [2.75, 3.05) is 31.3 Å². The van der Waals surface area contributed by atoms with Crippen LogP contribution in [0.2, 0.25) is 0 Å². The van der Waals surface area contributed by atoms with Gasteiger partial charge in [-0.05, 0) is 49.6 Å². The van der Waals surface area contributed by atoms with Gasteiger partial charge in [-0.2, -0.15) is 0 Å². The average molecular weight is 490 g/mol. The number of rotatable bonds is 12. The summed E-state index contributed by atoms with van der Waals surface area (Å²) < 4.78 is 31.2. The number of aryl methyl sites for hydroxylation is 1. The van der Waals surface area contributed by atoms with E-state index in [-0.39, 0.29) is 31.3 Å². The number of anilines is 1. The molecule has 8 nitrogen and oxygen atoms in total. The summed E-state index contributed by atoms with van der Waals surface area (Å²) in [6.45, 7) is 4.22. The number of benzene rings is 2. The molecule has 0 unspecified atom stereocenters. The molecule has 1 atom stereocenters. The molecule has 2 amide bonds. The summed E-state index contributed by atoms with van der Waals surface area (Å²) in [4.78, 5) is 27.3.